The van der Waals surface area contributed by atoms with Crippen LogP contribution in [0.25, 0.3) is 0 Å². The van der Waals surface area contributed by atoms with Crippen LogP contribution in [-0.4, -0.2) is 23.9 Å². The zero-order chi connectivity index (χ0) is 12.1. The molecule has 0 N–H and O–H groups in total. The molecule has 0 saturated heterocycles. The molecule has 0 spiro atoms. The van der Waals surface area contributed by atoms with Gasteiger partial charge in [-0.05, 0) is 24.6 Å². The number of likely N-dealkylation sites (N-methyl/N-ethyl adjacent to an activating group) is 1. The minimum absolute atomic E-state index is 0.111. The number of nitriles is 1. The molecule has 1 unspecified atom stereocenters. The van der Waals surface area contributed by atoms with Crippen molar-refractivity contribution >= 4 is 5.91 Å². The second kappa shape index (κ2) is 5.26. The fourth-order valence-corrected chi connectivity index (χ4v) is 1.25. The van der Waals surface area contributed by atoms with E-state index in [1.54, 1.807) is 26.1 Å². The summed E-state index contributed by atoms with van der Waals surface area (Å²) in [6.07, 6.45) is 0.111. The Hall–Kier alpha value is -1.89. The molecular weight excluding hydrogens is 207 g/mol. The number of hydrogen-bond acceptors (Lipinski definition) is 2. The SMILES string of the molecule is CC(C#N)N(C)C(=O)Cc1cccc(F)c1. The Balaban J connectivity index is 2.69. The first-order chi connectivity index (χ1) is 7.54. The highest BCUT2D eigenvalue weighted by Gasteiger charge is 2.15. The molecule has 0 radical (unpaired) electrons. The van der Waals surface area contributed by atoms with Crippen LogP contribution in [0.1, 0.15) is 12.5 Å². The van der Waals surface area contributed by atoms with Gasteiger partial charge in [0.2, 0.25) is 5.91 Å². The minimum Gasteiger partial charge on any atom is -0.330 e. The summed E-state index contributed by atoms with van der Waals surface area (Å²) in [7, 11) is 1.56. The van der Waals surface area contributed by atoms with Gasteiger partial charge in [0.25, 0.3) is 0 Å². The molecule has 1 aromatic carbocycles. The van der Waals surface area contributed by atoms with Crippen LogP contribution in [0.5, 0.6) is 0 Å². The summed E-state index contributed by atoms with van der Waals surface area (Å²) in [6.45, 7) is 1.64. The summed E-state index contributed by atoms with van der Waals surface area (Å²) >= 11 is 0. The predicted octanol–water partition coefficient (Wildman–Crippen LogP) is 1.74. The maximum atomic E-state index is 12.9. The number of rotatable bonds is 3. The van der Waals surface area contributed by atoms with E-state index in [4.69, 9.17) is 5.26 Å². The van der Waals surface area contributed by atoms with E-state index in [-0.39, 0.29) is 18.1 Å². The second-order valence-electron chi connectivity index (χ2n) is 3.62. The van der Waals surface area contributed by atoms with Gasteiger partial charge < -0.3 is 4.90 Å². The number of halogens is 1. The summed E-state index contributed by atoms with van der Waals surface area (Å²) in [4.78, 5) is 13.0. The zero-order valence-corrected chi connectivity index (χ0v) is 9.27. The monoisotopic (exact) mass is 220 g/mol. The topological polar surface area (TPSA) is 44.1 Å². The van der Waals surface area contributed by atoms with Gasteiger partial charge in [-0.1, -0.05) is 12.1 Å². The number of amides is 1. The van der Waals surface area contributed by atoms with Crippen LogP contribution in [0.2, 0.25) is 0 Å². The van der Waals surface area contributed by atoms with Gasteiger partial charge >= 0.3 is 0 Å². The van der Waals surface area contributed by atoms with Gasteiger partial charge in [0.05, 0.1) is 12.5 Å². The number of benzene rings is 1. The fourth-order valence-electron chi connectivity index (χ4n) is 1.25. The smallest absolute Gasteiger partial charge is 0.227 e. The molecule has 84 valence electrons. The number of carbonyl (C=O) groups is 1. The lowest BCUT2D eigenvalue weighted by molar-refractivity contribution is -0.130. The third-order valence-corrected chi connectivity index (χ3v) is 2.41. The zero-order valence-electron chi connectivity index (χ0n) is 9.27. The fraction of sp³-hybridized carbons (Fsp3) is 0.333. The molecule has 1 atom stereocenters. The average Bonchev–Trinajstić information content (AvgIpc) is 2.27. The lowest BCUT2D eigenvalue weighted by atomic mass is 10.1. The van der Waals surface area contributed by atoms with Crippen LogP contribution in [0.15, 0.2) is 24.3 Å². The minimum atomic E-state index is -0.471. The van der Waals surface area contributed by atoms with E-state index in [1.807, 2.05) is 6.07 Å². The molecule has 0 saturated carbocycles. The van der Waals surface area contributed by atoms with Crippen molar-refractivity contribution in [1.82, 2.24) is 4.90 Å². The summed E-state index contributed by atoms with van der Waals surface area (Å²) in [5.41, 5.74) is 0.613. The van der Waals surface area contributed by atoms with Crippen molar-refractivity contribution < 1.29 is 9.18 Å². The Morgan fingerprint density at radius 2 is 2.31 bits per heavy atom. The first-order valence-electron chi connectivity index (χ1n) is 4.94. The molecule has 16 heavy (non-hydrogen) atoms. The van der Waals surface area contributed by atoms with Gasteiger partial charge in [-0.2, -0.15) is 5.26 Å². The van der Waals surface area contributed by atoms with Crippen LogP contribution in [0.3, 0.4) is 0 Å². The number of nitrogens with zero attached hydrogens (tertiary/aromatic N) is 2. The standard InChI is InChI=1S/C12H13FN2O/c1-9(8-14)15(2)12(16)7-10-4-3-5-11(13)6-10/h3-6,9H,7H2,1-2H3. The number of carbonyl (C=O) groups excluding carboxylic acids is 1. The van der Waals surface area contributed by atoms with Gasteiger partial charge in [0.1, 0.15) is 11.9 Å². The summed E-state index contributed by atoms with van der Waals surface area (Å²) < 4.78 is 12.9. The Kier molecular flexibility index (Phi) is 4.01. The summed E-state index contributed by atoms with van der Waals surface area (Å²) in [6, 6.07) is 7.40. The van der Waals surface area contributed by atoms with Crippen molar-refractivity contribution in [2.75, 3.05) is 7.05 Å². The average molecular weight is 220 g/mol. The first-order valence-corrected chi connectivity index (χ1v) is 4.94. The van der Waals surface area contributed by atoms with Crippen molar-refractivity contribution in [3.63, 3.8) is 0 Å². The van der Waals surface area contributed by atoms with Crippen molar-refractivity contribution in [2.45, 2.75) is 19.4 Å². The molecule has 0 fully saturated rings. The van der Waals surface area contributed by atoms with Gasteiger partial charge in [-0.3, -0.25) is 4.79 Å². The van der Waals surface area contributed by atoms with Gasteiger partial charge in [-0.25, -0.2) is 4.39 Å². The van der Waals surface area contributed by atoms with Gasteiger partial charge in [-0.15, -0.1) is 0 Å². The maximum absolute atomic E-state index is 12.9. The Morgan fingerprint density at radius 3 is 2.88 bits per heavy atom. The highest BCUT2D eigenvalue weighted by molar-refractivity contribution is 5.79. The largest absolute Gasteiger partial charge is 0.330 e. The lowest BCUT2D eigenvalue weighted by Crippen LogP contribution is -2.35. The molecular formula is C12H13FN2O. The van der Waals surface area contributed by atoms with Crippen molar-refractivity contribution in [3.8, 4) is 6.07 Å². The third-order valence-electron chi connectivity index (χ3n) is 2.41. The van der Waals surface area contributed by atoms with Crippen LogP contribution < -0.4 is 0 Å². The maximum Gasteiger partial charge on any atom is 0.227 e. The predicted molar refractivity (Wildman–Crippen MR) is 57.9 cm³/mol. The molecule has 0 bridgehead atoms. The number of hydrogen-bond donors (Lipinski definition) is 0. The van der Waals surface area contributed by atoms with E-state index < -0.39 is 6.04 Å². The van der Waals surface area contributed by atoms with E-state index in [9.17, 15) is 9.18 Å². The van der Waals surface area contributed by atoms with E-state index in [0.717, 1.165) is 0 Å². The van der Waals surface area contributed by atoms with Crippen molar-refractivity contribution in [1.29, 1.82) is 5.26 Å². The highest BCUT2D eigenvalue weighted by atomic mass is 19.1. The Morgan fingerprint density at radius 1 is 1.62 bits per heavy atom. The van der Waals surface area contributed by atoms with Crippen LogP contribution >= 0.6 is 0 Å². The van der Waals surface area contributed by atoms with Gasteiger partial charge in [0.15, 0.2) is 0 Å². The van der Waals surface area contributed by atoms with Crippen molar-refractivity contribution in [2.24, 2.45) is 0 Å². The van der Waals surface area contributed by atoms with E-state index in [1.165, 1.54) is 17.0 Å². The normalized spacial score (nSPS) is 11.6. The molecule has 0 heterocycles. The van der Waals surface area contributed by atoms with E-state index in [0.29, 0.717) is 5.56 Å². The molecule has 1 rings (SSSR count). The van der Waals surface area contributed by atoms with Crippen LogP contribution in [0, 0.1) is 17.1 Å². The Labute approximate surface area is 94.1 Å². The first kappa shape index (κ1) is 12.2. The molecule has 1 aromatic rings. The Bertz CT molecular complexity index is 425. The lowest BCUT2D eigenvalue weighted by Gasteiger charge is -2.19. The molecule has 1 amide bonds. The third kappa shape index (κ3) is 3.06. The highest BCUT2D eigenvalue weighted by Crippen LogP contribution is 2.06. The second-order valence-corrected chi connectivity index (χ2v) is 3.62. The quantitative estimate of drug-likeness (QED) is 0.778. The summed E-state index contributed by atoms with van der Waals surface area (Å²) in [5, 5.41) is 8.66. The molecule has 4 heteroatoms. The van der Waals surface area contributed by atoms with Gasteiger partial charge in [0, 0.05) is 7.05 Å². The summed E-state index contributed by atoms with van der Waals surface area (Å²) in [5.74, 6) is -0.555. The van der Waals surface area contributed by atoms with Crippen LogP contribution in [-0.2, 0) is 11.2 Å². The molecule has 0 aliphatic rings. The molecule has 0 aliphatic heterocycles. The van der Waals surface area contributed by atoms with E-state index in [2.05, 4.69) is 0 Å². The van der Waals surface area contributed by atoms with E-state index >= 15 is 0 Å². The van der Waals surface area contributed by atoms with Crippen LogP contribution in [0.4, 0.5) is 4.39 Å². The molecule has 0 aromatic heterocycles. The van der Waals surface area contributed by atoms with Crippen molar-refractivity contribution in [3.05, 3.63) is 35.6 Å². The molecule has 3 nitrogen and oxygen atoms in total. The molecule has 0 aliphatic carbocycles.